The Kier molecular flexibility index (Phi) is 4.64. The fourth-order valence-electron chi connectivity index (χ4n) is 2.85. The van der Waals surface area contributed by atoms with Crippen molar-refractivity contribution in [1.82, 2.24) is 9.62 Å². The first-order chi connectivity index (χ1) is 8.58. The van der Waals surface area contributed by atoms with Gasteiger partial charge in [0.2, 0.25) is 10.0 Å². The van der Waals surface area contributed by atoms with E-state index in [2.05, 4.69) is 5.32 Å². The molecule has 0 radical (unpaired) electrons. The Balaban J connectivity index is 1.91. The Morgan fingerprint density at radius 2 is 2.00 bits per heavy atom. The van der Waals surface area contributed by atoms with Crippen LogP contribution in [0.2, 0.25) is 0 Å². The summed E-state index contributed by atoms with van der Waals surface area (Å²) in [5, 5.41) is 3.07. The second-order valence-electron chi connectivity index (χ2n) is 5.37. The predicted molar refractivity (Wildman–Crippen MR) is 71.0 cm³/mol. The van der Waals surface area contributed by atoms with Gasteiger partial charge in [-0.1, -0.05) is 6.92 Å². The van der Waals surface area contributed by atoms with E-state index in [0.29, 0.717) is 19.6 Å². The van der Waals surface area contributed by atoms with Crippen molar-refractivity contribution in [3.8, 4) is 0 Å². The summed E-state index contributed by atoms with van der Waals surface area (Å²) in [6.45, 7) is 6.30. The standard InChI is InChI=1S/C12H24N2O3S/c1-2-13-6-10-18(15,16)14-7-3-12(11-14)4-8-17-9-5-12/h13H,2-11H2,1H3. The van der Waals surface area contributed by atoms with Gasteiger partial charge in [0.05, 0.1) is 5.75 Å². The van der Waals surface area contributed by atoms with E-state index in [1.165, 1.54) is 0 Å². The van der Waals surface area contributed by atoms with Gasteiger partial charge in [-0.3, -0.25) is 0 Å². The Morgan fingerprint density at radius 3 is 2.67 bits per heavy atom. The minimum Gasteiger partial charge on any atom is -0.381 e. The molecule has 2 aliphatic rings. The van der Waals surface area contributed by atoms with Crippen LogP contribution in [0.1, 0.15) is 26.2 Å². The van der Waals surface area contributed by atoms with E-state index in [-0.39, 0.29) is 11.2 Å². The van der Waals surface area contributed by atoms with E-state index < -0.39 is 10.0 Å². The van der Waals surface area contributed by atoms with E-state index in [1.807, 2.05) is 6.92 Å². The molecule has 1 spiro atoms. The van der Waals surface area contributed by atoms with Crippen LogP contribution >= 0.6 is 0 Å². The fraction of sp³-hybridized carbons (Fsp3) is 1.00. The highest BCUT2D eigenvalue weighted by molar-refractivity contribution is 7.89. The number of rotatable bonds is 5. The first kappa shape index (κ1) is 14.2. The Labute approximate surface area is 110 Å². The number of hydrogen-bond acceptors (Lipinski definition) is 4. The van der Waals surface area contributed by atoms with E-state index in [9.17, 15) is 8.42 Å². The van der Waals surface area contributed by atoms with Crippen LogP contribution in [0, 0.1) is 5.41 Å². The molecule has 0 aromatic heterocycles. The first-order valence-corrected chi connectivity index (χ1v) is 8.45. The molecule has 0 amide bonds. The van der Waals surface area contributed by atoms with Crippen molar-refractivity contribution in [3.63, 3.8) is 0 Å². The maximum Gasteiger partial charge on any atom is 0.215 e. The molecular weight excluding hydrogens is 252 g/mol. The molecule has 0 atom stereocenters. The third-order valence-electron chi connectivity index (χ3n) is 4.14. The van der Waals surface area contributed by atoms with E-state index >= 15 is 0 Å². The molecule has 0 aromatic carbocycles. The van der Waals surface area contributed by atoms with Crippen LogP contribution in [-0.4, -0.2) is 57.9 Å². The van der Waals surface area contributed by atoms with Gasteiger partial charge in [0.1, 0.15) is 0 Å². The summed E-state index contributed by atoms with van der Waals surface area (Å²) in [6.07, 6.45) is 3.01. The Morgan fingerprint density at radius 1 is 1.28 bits per heavy atom. The van der Waals surface area contributed by atoms with Gasteiger partial charge in [0, 0.05) is 32.8 Å². The number of sulfonamides is 1. The number of nitrogens with zero attached hydrogens (tertiary/aromatic N) is 1. The normalized spacial score (nSPS) is 24.7. The van der Waals surface area contributed by atoms with E-state index in [1.54, 1.807) is 4.31 Å². The van der Waals surface area contributed by atoms with E-state index in [4.69, 9.17) is 4.74 Å². The predicted octanol–water partition coefficient (Wildman–Crippen LogP) is 0.428. The Hall–Kier alpha value is -0.170. The molecule has 2 saturated heterocycles. The van der Waals surface area contributed by atoms with Gasteiger partial charge in [-0.15, -0.1) is 0 Å². The average Bonchev–Trinajstić information content (AvgIpc) is 2.75. The Bertz CT molecular complexity index is 364. The molecule has 2 fully saturated rings. The number of hydrogen-bond donors (Lipinski definition) is 1. The summed E-state index contributed by atoms with van der Waals surface area (Å²) < 4.78 is 31.4. The molecule has 0 saturated carbocycles. The van der Waals surface area contributed by atoms with Crippen LogP contribution in [-0.2, 0) is 14.8 Å². The minimum atomic E-state index is -3.08. The lowest BCUT2D eigenvalue weighted by atomic mass is 9.80. The van der Waals surface area contributed by atoms with Gasteiger partial charge in [-0.25, -0.2) is 12.7 Å². The lowest BCUT2D eigenvalue weighted by molar-refractivity contribution is 0.0222. The van der Waals surface area contributed by atoms with Gasteiger partial charge in [-0.05, 0) is 31.2 Å². The zero-order valence-electron chi connectivity index (χ0n) is 11.2. The molecule has 18 heavy (non-hydrogen) atoms. The zero-order chi connectivity index (χ0) is 13.1. The molecule has 2 aliphatic heterocycles. The van der Waals surface area contributed by atoms with Gasteiger partial charge >= 0.3 is 0 Å². The molecule has 6 heteroatoms. The molecule has 106 valence electrons. The summed E-state index contributed by atoms with van der Waals surface area (Å²) in [6, 6.07) is 0. The maximum atomic E-state index is 12.2. The highest BCUT2D eigenvalue weighted by Crippen LogP contribution is 2.40. The fourth-order valence-corrected chi connectivity index (χ4v) is 4.35. The van der Waals surface area contributed by atoms with Crippen molar-refractivity contribution in [2.45, 2.75) is 26.2 Å². The smallest absolute Gasteiger partial charge is 0.215 e. The average molecular weight is 276 g/mol. The van der Waals surface area contributed by atoms with E-state index in [0.717, 1.165) is 39.0 Å². The van der Waals surface area contributed by atoms with Gasteiger partial charge in [-0.2, -0.15) is 0 Å². The first-order valence-electron chi connectivity index (χ1n) is 6.84. The minimum absolute atomic E-state index is 0.198. The van der Waals surface area contributed by atoms with Crippen LogP contribution < -0.4 is 5.32 Å². The summed E-state index contributed by atoms with van der Waals surface area (Å²) in [4.78, 5) is 0. The highest BCUT2D eigenvalue weighted by Gasteiger charge is 2.42. The quantitative estimate of drug-likeness (QED) is 0.740. The molecule has 2 heterocycles. The van der Waals surface area contributed by atoms with Crippen LogP contribution in [0.25, 0.3) is 0 Å². The molecule has 2 rings (SSSR count). The molecule has 0 unspecified atom stereocenters. The monoisotopic (exact) mass is 276 g/mol. The van der Waals surface area contributed by atoms with Crippen molar-refractivity contribution < 1.29 is 13.2 Å². The van der Waals surface area contributed by atoms with Crippen molar-refractivity contribution in [3.05, 3.63) is 0 Å². The van der Waals surface area contributed by atoms with Crippen LogP contribution in [0.5, 0.6) is 0 Å². The van der Waals surface area contributed by atoms with Crippen LogP contribution in [0.3, 0.4) is 0 Å². The van der Waals surface area contributed by atoms with Crippen molar-refractivity contribution in [2.24, 2.45) is 5.41 Å². The molecule has 5 nitrogen and oxygen atoms in total. The summed E-state index contributed by atoms with van der Waals surface area (Å²) >= 11 is 0. The summed E-state index contributed by atoms with van der Waals surface area (Å²) in [5.41, 5.74) is 0.198. The third-order valence-corrected chi connectivity index (χ3v) is 5.96. The van der Waals surface area contributed by atoms with Crippen molar-refractivity contribution in [2.75, 3.05) is 45.1 Å². The maximum absolute atomic E-state index is 12.2. The number of nitrogens with one attached hydrogen (secondary N) is 1. The SMILES string of the molecule is CCNCCS(=O)(=O)N1CCC2(CCOCC2)C1. The molecule has 0 aromatic rings. The molecule has 0 aliphatic carbocycles. The largest absolute Gasteiger partial charge is 0.381 e. The topological polar surface area (TPSA) is 58.6 Å². The van der Waals surface area contributed by atoms with Crippen molar-refractivity contribution >= 4 is 10.0 Å². The van der Waals surface area contributed by atoms with Gasteiger partial charge in [0.15, 0.2) is 0 Å². The summed E-state index contributed by atoms with van der Waals surface area (Å²) in [5.74, 6) is 0.216. The zero-order valence-corrected chi connectivity index (χ0v) is 12.0. The third kappa shape index (κ3) is 3.23. The van der Waals surface area contributed by atoms with Gasteiger partial charge < -0.3 is 10.1 Å². The summed E-state index contributed by atoms with van der Waals surface area (Å²) in [7, 11) is -3.08. The lowest BCUT2D eigenvalue weighted by Gasteiger charge is -2.33. The molecule has 1 N–H and O–H groups in total. The molecule has 0 bridgehead atoms. The second-order valence-corrected chi connectivity index (χ2v) is 7.45. The van der Waals surface area contributed by atoms with Crippen LogP contribution in [0.15, 0.2) is 0 Å². The highest BCUT2D eigenvalue weighted by atomic mass is 32.2. The van der Waals surface area contributed by atoms with Gasteiger partial charge in [0.25, 0.3) is 0 Å². The van der Waals surface area contributed by atoms with Crippen LogP contribution in [0.4, 0.5) is 0 Å². The van der Waals surface area contributed by atoms with Crippen molar-refractivity contribution in [1.29, 1.82) is 0 Å². The second kappa shape index (κ2) is 5.86. The number of ether oxygens (including phenoxy) is 1. The lowest BCUT2D eigenvalue weighted by Crippen LogP contribution is -2.38. The molecular formula is C12H24N2O3S.